The van der Waals surface area contributed by atoms with Crippen LogP contribution in [0, 0.1) is 11.8 Å². The Morgan fingerprint density at radius 2 is 1.71 bits per heavy atom. The molecule has 0 heterocycles. The number of halogens is 1. The summed E-state index contributed by atoms with van der Waals surface area (Å²) in [5.41, 5.74) is 0.174. The normalized spacial score (nSPS) is 21.2. The first kappa shape index (κ1) is 24.5. The summed E-state index contributed by atoms with van der Waals surface area (Å²) >= 11 is 6.20. The van der Waals surface area contributed by atoms with E-state index in [1.165, 1.54) is 52.0 Å². The molecule has 2 saturated carbocycles. The molecule has 0 spiro atoms. The molecule has 1 N–H and O–H groups in total. The van der Waals surface area contributed by atoms with Crippen LogP contribution in [-0.2, 0) is 14.8 Å². The lowest BCUT2D eigenvalue weighted by Gasteiger charge is -2.28. The summed E-state index contributed by atoms with van der Waals surface area (Å²) in [5, 5.41) is 3.38. The first-order valence-electron chi connectivity index (χ1n) is 11.1. The topological polar surface area (TPSA) is 94.2 Å². The Balaban J connectivity index is 1.70. The van der Waals surface area contributed by atoms with Crippen LogP contribution in [0.2, 0.25) is 5.02 Å². The molecule has 34 heavy (non-hydrogen) atoms. The summed E-state index contributed by atoms with van der Waals surface area (Å²) in [4.78, 5) is 13.1. The number of amides is 1. The van der Waals surface area contributed by atoms with E-state index in [0.29, 0.717) is 22.6 Å². The number of anilines is 1. The second-order valence-corrected chi connectivity index (χ2v) is 11.0. The highest BCUT2D eigenvalue weighted by Crippen LogP contribution is 2.44. The molecular formula is C24H29ClN2O6S. The number of ether oxygens (including phenoxy) is 3. The van der Waals surface area contributed by atoms with Gasteiger partial charge in [0.25, 0.3) is 10.0 Å². The third-order valence-corrected chi connectivity index (χ3v) is 8.72. The van der Waals surface area contributed by atoms with Crippen molar-refractivity contribution in [3.05, 3.63) is 41.4 Å². The third kappa shape index (κ3) is 4.77. The molecule has 1 amide bonds. The minimum Gasteiger partial charge on any atom is -0.495 e. The van der Waals surface area contributed by atoms with Crippen molar-refractivity contribution in [3.8, 4) is 17.2 Å². The quantitative estimate of drug-likeness (QED) is 0.552. The molecule has 10 heteroatoms. The lowest BCUT2D eigenvalue weighted by atomic mass is 9.95. The van der Waals surface area contributed by atoms with Gasteiger partial charge in [-0.3, -0.25) is 9.10 Å². The maximum absolute atomic E-state index is 13.8. The predicted molar refractivity (Wildman–Crippen MR) is 129 cm³/mol. The van der Waals surface area contributed by atoms with Crippen molar-refractivity contribution < 1.29 is 27.4 Å². The zero-order chi connectivity index (χ0) is 24.5. The van der Waals surface area contributed by atoms with E-state index in [0.717, 1.165) is 23.6 Å². The predicted octanol–water partition coefficient (Wildman–Crippen LogP) is 3.87. The van der Waals surface area contributed by atoms with Gasteiger partial charge in [-0.2, -0.15) is 0 Å². The highest BCUT2D eigenvalue weighted by atomic mass is 35.5. The van der Waals surface area contributed by atoms with Crippen LogP contribution in [0.25, 0.3) is 0 Å². The van der Waals surface area contributed by atoms with E-state index in [2.05, 4.69) is 5.32 Å². The minimum absolute atomic E-state index is 0.0556. The van der Waals surface area contributed by atoms with Crippen LogP contribution < -0.4 is 23.8 Å². The summed E-state index contributed by atoms with van der Waals surface area (Å²) in [6.07, 6.45) is 4.38. The maximum Gasteiger partial charge on any atom is 0.265 e. The molecular weight excluding hydrogens is 480 g/mol. The number of methoxy groups -OCH3 is 3. The van der Waals surface area contributed by atoms with Crippen LogP contribution in [0.4, 0.5) is 5.69 Å². The molecule has 0 aliphatic heterocycles. The fourth-order valence-corrected chi connectivity index (χ4v) is 6.67. The molecule has 3 unspecified atom stereocenters. The van der Waals surface area contributed by atoms with Crippen molar-refractivity contribution in [1.82, 2.24) is 5.32 Å². The highest BCUT2D eigenvalue weighted by Gasteiger charge is 2.40. The molecule has 184 valence electrons. The van der Waals surface area contributed by atoms with Gasteiger partial charge < -0.3 is 19.5 Å². The number of nitrogens with one attached hydrogen (secondary N) is 1. The summed E-state index contributed by atoms with van der Waals surface area (Å²) in [5.74, 6) is 1.67. The van der Waals surface area contributed by atoms with Gasteiger partial charge in [-0.15, -0.1) is 0 Å². The Hall–Kier alpha value is -2.65. The van der Waals surface area contributed by atoms with E-state index >= 15 is 0 Å². The number of fused-ring (bicyclic) bond motifs is 2. The molecule has 4 rings (SSSR count). The zero-order valence-corrected chi connectivity index (χ0v) is 21.0. The van der Waals surface area contributed by atoms with Crippen LogP contribution in [0.5, 0.6) is 17.2 Å². The van der Waals surface area contributed by atoms with Gasteiger partial charge in [0.15, 0.2) is 11.5 Å². The number of hydrogen-bond acceptors (Lipinski definition) is 6. The lowest BCUT2D eigenvalue weighted by molar-refractivity contribution is -0.120. The monoisotopic (exact) mass is 508 g/mol. The molecule has 2 fully saturated rings. The Bertz CT molecular complexity index is 1170. The molecule has 2 bridgehead atoms. The smallest absolute Gasteiger partial charge is 0.265 e. The highest BCUT2D eigenvalue weighted by molar-refractivity contribution is 7.92. The number of nitrogens with zero attached hydrogens (tertiary/aromatic N) is 1. The number of rotatable bonds is 9. The van der Waals surface area contributed by atoms with Crippen molar-refractivity contribution in [2.75, 3.05) is 32.2 Å². The Labute approximate surface area is 205 Å². The molecule has 2 aromatic carbocycles. The lowest BCUT2D eigenvalue weighted by Crippen LogP contribution is -2.46. The molecule has 0 radical (unpaired) electrons. The Morgan fingerprint density at radius 1 is 1.00 bits per heavy atom. The van der Waals surface area contributed by atoms with E-state index in [1.807, 2.05) is 0 Å². The SMILES string of the molecule is COc1ccc(S(=O)(=O)N(CC(=O)NC2CC3CCC2C3)c2cc(Cl)ccc2OC)cc1OC. The second kappa shape index (κ2) is 9.92. The van der Waals surface area contributed by atoms with Gasteiger partial charge in [0, 0.05) is 17.1 Å². The first-order valence-corrected chi connectivity index (χ1v) is 13.0. The standard InChI is InChI=1S/C24H29ClN2O6S/c1-31-21-8-6-17(25)12-20(21)27(14-24(28)26-19-11-15-4-5-16(19)10-15)34(29,30)18-7-9-22(32-2)23(13-18)33-3/h6-9,12-13,15-16,19H,4-5,10-11,14H2,1-3H3,(H,26,28). The molecule has 3 atom stereocenters. The zero-order valence-electron chi connectivity index (χ0n) is 19.4. The third-order valence-electron chi connectivity index (χ3n) is 6.72. The van der Waals surface area contributed by atoms with Crippen molar-refractivity contribution in [3.63, 3.8) is 0 Å². The van der Waals surface area contributed by atoms with Crippen LogP contribution in [0.15, 0.2) is 41.3 Å². The van der Waals surface area contributed by atoms with E-state index in [-0.39, 0.29) is 34.0 Å². The number of hydrogen-bond donors (Lipinski definition) is 1. The van der Waals surface area contributed by atoms with Gasteiger partial charge in [-0.25, -0.2) is 8.42 Å². The number of benzene rings is 2. The fraction of sp³-hybridized carbons (Fsp3) is 0.458. The molecule has 2 aromatic rings. The minimum atomic E-state index is -4.20. The molecule has 0 aromatic heterocycles. The van der Waals surface area contributed by atoms with Crippen LogP contribution >= 0.6 is 11.6 Å². The van der Waals surface area contributed by atoms with Crippen LogP contribution in [0.1, 0.15) is 25.7 Å². The number of carbonyl (C=O) groups excluding carboxylic acids is 1. The van der Waals surface area contributed by atoms with Gasteiger partial charge in [-0.1, -0.05) is 18.0 Å². The number of sulfonamides is 1. The van der Waals surface area contributed by atoms with E-state index in [1.54, 1.807) is 12.1 Å². The molecule has 8 nitrogen and oxygen atoms in total. The van der Waals surface area contributed by atoms with E-state index in [4.69, 9.17) is 25.8 Å². The van der Waals surface area contributed by atoms with Gasteiger partial charge in [0.05, 0.1) is 31.9 Å². The summed E-state index contributed by atoms with van der Waals surface area (Å²) in [7, 11) is 0.125. The van der Waals surface area contributed by atoms with Gasteiger partial charge >= 0.3 is 0 Å². The van der Waals surface area contributed by atoms with Crippen molar-refractivity contribution in [2.24, 2.45) is 11.8 Å². The summed E-state index contributed by atoms with van der Waals surface area (Å²) in [6.45, 7) is -0.415. The van der Waals surface area contributed by atoms with Crippen LogP contribution in [-0.4, -0.2) is 48.2 Å². The molecule has 2 aliphatic rings. The second-order valence-electron chi connectivity index (χ2n) is 8.69. The average Bonchev–Trinajstić information content (AvgIpc) is 3.45. The van der Waals surface area contributed by atoms with E-state index in [9.17, 15) is 13.2 Å². The Morgan fingerprint density at radius 3 is 2.32 bits per heavy atom. The van der Waals surface area contributed by atoms with Gasteiger partial charge in [0.1, 0.15) is 12.3 Å². The van der Waals surface area contributed by atoms with Crippen molar-refractivity contribution in [1.29, 1.82) is 0 Å². The summed E-state index contributed by atoms with van der Waals surface area (Å²) < 4.78 is 44.6. The van der Waals surface area contributed by atoms with Gasteiger partial charge in [0.2, 0.25) is 5.91 Å². The Kier molecular flexibility index (Phi) is 7.14. The first-order chi connectivity index (χ1) is 16.3. The maximum atomic E-state index is 13.8. The molecule has 2 aliphatic carbocycles. The van der Waals surface area contributed by atoms with Gasteiger partial charge in [-0.05, 0) is 61.4 Å². The number of carbonyl (C=O) groups is 1. The fourth-order valence-electron chi connectivity index (χ4n) is 5.07. The van der Waals surface area contributed by atoms with E-state index < -0.39 is 16.6 Å². The molecule has 0 saturated heterocycles. The van der Waals surface area contributed by atoms with Crippen molar-refractivity contribution >= 4 is 33.2 Å². The largest absolute Gasteiger partial charge is 0.495 e. The van der Waals surface area contributed by atoms with Crippen molar-refractivity contribution in [2.45, 2.75) is 36.6 Å². The summed E-state index contributed by atoms with van der Waals surface area (Å²) in [6, 6.07) is 9.01. The average molecular weight is 509 g/mol. The van der Waals surface area contributed by atoms with Crippen LogP contribution in [0.3, 0.4) is 0 Å².